The number of rotatable bonds is 4. The molecule has 1 atom stereocenters. The van der Waals surface area contributed by atoms with Gasteiger partial charge in [-0.2, -0.15) is 0 Å². The van der Waals surface area contributed by atoms with Crippen LogP contribution in [0.1, 0.15) is 47.5 Å². The molecule has 16 heavy (non-hydrogen) atoms. The molecule has 92 valence electrons. The van der Waals surface area contributed by atoms with Gasteiger partial charge in [-0.1, -0.05) is 5.57 Å². The molecule has 0 aromatic carbocycles. The molecule has 3 heteroatoms. The van der Waals surface area contributed by atoms with Gasteiger partial charge in [0.15, 0.2) is 5.79 Å². The third-order valence-electron chi connectivity index (χ3n) is 2.86. The lowest BCUT2D eigenvalue weighted by Crippen LogP contribution is -2.33. The van der Waals surface area contributed by atoms with Crippen molar-refractivity contribution in [2.75, 3.05) is 0 Å². The molecule has 1 fully saturated rings. The molecule has 0 radical (unpaired) electrons. The van der Waals surface area contributed by atoms with Gasteiger partial charge in [-0.15, -0.1) is 0 Å². The minimum atomic E-state index is -0.504. The van der Waals surface area contributed by atoms with Crippen LogP contribution in [0.3, 0.4) is 0 Å². The van der Waals surface area contributed by atoms with E-state index in [-0.39, 0.29) is 11.7 Å². The van der Waals surface area contributed by atoms with Crippen molar-refractivity contribution in [3.8, 4) is 0 Å². The first-order valence-electron chi connectivity index (χ1n) is 5.76. The highest BCUT2D eigenvalue weighted by Crippen LogP contribution is 2.38. The van der Waals surface area contributed by atoms with Gasteiger partial charge in [0, 0.05) is 0 Å². The molecule has 0 N–H and O–H groups in total. The lowest BCUT2D eigenvalue weighted by atomic mass is 9.96. The van der Waals surface area contributed by atoms with Crippen LogP contribution in [0.5, 0.6) is 0 Å². The van der Waals surface area contributed by atoms with E-state index in [9.17, 15) is 4.79 Å². The van der Waals surface area contributed by atoms with Crippen molar-refractivity contribution in [1.29, 1.82) is 0 Å². The summed E-state index contributed by atoms with van der Waals surface area (Å²) in [5.74, 6) is -0.504. The Labute approximate surface area is 97.8 Å². The van der Waals surface area contributed by atoms with E-state index in [4.69, 9.17) is 9.47 Å². The highest BCUT2D eigenvalue weighted by molar-refractivity contribution is 5.65. The van der Waals surface area contributed by atoms with Gasteiger partial charge >= 0.3 is 0 Å². The minimum Gasteiger partial charge on any atom is -0.344 e. The maximum atomic E-state index is 10.3. The van der Waals surface area contributed by atoms with Crippen molar-refractivity contribution >= 4 is 6.29 Å². The molecule has 1 aliphatic heterocycles. The molecule has 0 bridgehead atoms. The van der Waals surface area contributed by atoms with Gasteiger partial charge < -0.3 is 9.47 Å². The Kier molecular flexibility index (Phi) is 3.92. The molecule has 1 rings (SSSR count). The molecule has 1 saturated heterocycles. The maximum Gasteiger partial charge on any atom is 0.164 e. The summed E-state index contributed by atoms with van der Waals surface area (Å²) >= 11 is 0. The van der Waals surface area contributed by atoms with Crippen LogP contribution in [0.2, 0.25) is 0 Å². The summed E-state index contributed by atoms with van der Waals surface area (Å²) in [5.41, 5.74) is 0.824. The molecule has 0 spiro atoms. The normalized spacial score (nSPS) is 28.1. The number of aldehydes is 1. The summed E-state index contributed by atoms with van der Waals surface area (Å²) in [6.45, 7) is 9.92. The Balaban J connectivity index is 2.55. The van der Waals surface area contributed by atoms with Crippen LogP contribution in [0.4, 0.5) is 0 Å². The fraction of sp³-hybridized carbons (Fsp3) is 0.769. The summed E-state index contributed by atoms with van der Waals surface area (Å²) < 4.78 is 11.7. The van der Waals surface area contributed by atoms with Gasteiger partial charge in [-0.3, -0.25) is 4.79 Å². The molecule has 0 saturated carbocycles. The summed E-state index contributed by atoms with van der Waals surface area (Å²) in [6, 6.07) is 0. The molecule has 0 aromatic heterocycles. The van der Waals surface area contributed by atoms with Crippen molar-refractivity contribution < 1.29 is 14.3 Å². The molecule has 3 nitrogen and oxygen atoms in total. The highest BCUT2D eigenvalue weighted by Gasteiger charge is 2.46. The first kappa shape index (κ1) is 13.4. The first-order valence-corrected chi connectivity index (χ1v) is 5.76. The smallest absolute Gasteiger partial charge is 0.164 e. The molecule has 1 unspecified atom stereocenters. The standard InChI is InChI=1S/C13H22O3/c1-10(8-9-14)6-7-11-12(2,3)16-13(4,5)15-11/h8-9,11H,6-7H2,1-5H3/b10-8+. The second-order valence-electron chi connectivity index (χ2n) is 5.40. The number of carbonyl (C=O) groups is 1. The van der Waals surface area contributed by atoms with E-state index in [2.05, 4.69) is 0 Å². The molecule has 0 amide bonds. The van der Waals surface area contributed by atoms with E-state index in [1.54, 1.807) is 6.08 Å². The Morgan fingerprint density at radius 1 is 1.31 bits per heavy atom. The van der Waals surface area contributed by atoms with Crippen molar-refractivity contribution in [2.24, 2.45) is 0 Å². The summed E-state index contributed by atoms with van der Waals surface area (Å²) in [4.78, 5) is 10.3. The van der Waals surface area contributed by atoms with E-state index in [1.165, 1.54) is 0 Å². The van der Waals surface area contributed by atoms with Crippen molar-refractivity contribution in [3.63, 3.8) is 0 Å². The van der Waals surface area contributed by atoms with Gasteiger partial charge in [-0.05, 0) is 53.5 Å². The number of hydrogen-bond acceptors (Lipinski definition) is 3. The van der Waals surface area contributed by atoms with E-state index in [0.29, 0.717) is 0 Å². The third-order valence-corrected chi connectivity index (χ3v) is 2.86. The number of allylic oxidation sites excluding steroid dienone is 2. The van der Waals surface area contributed by atoms with Crippen LogP contribution in [0.15, 0.2) is 11.6 Å². The van der Waals surface area contributed by atoms with E-state index >= 15 is 0 Å². The first-order chi connectivity index (χ1) is 7.27. The Hall–Kier alpha value is -0.670. The predicted molar refractivity (Wildman–Crippen MR) is 63.2 cm³/mol. The largest absolute Gasteiger partial charge is 0.344 e. The van der Waals surface area contributed by atoms with E-state index < -0.39 is 5.79 Å². The second kappa shape index (κ2) is 4.68. The van der Waals surface area contributed by atoms with Crippen molar-refractivity contribution in [2.45, 2.75) is 65.0 Å². The van der Waals surface area contributed by atoms with Crippen molar-refractivity contribution in [1.82, 2.24) is 0 Å². The summed E-state index contributed by atoms with van der Waals surface area (Å²) in [6.07, 6.45) is 4.26. The topological polar surface area (TPSA) is 35.5 Å². The molecular formula is C13H22O3. The molecule has 0 aromatic rings. The highest BCUT2D eigenvalue weighted by atomic mass is 16.8. The minimum absolute atomic E-state index is 0.0810. The maximum absolute atomic E-state index is 10.3. The van der Waals surface area contributed by atoms with Crippen LogP contribution >= 0.6 is 0 Å². The fourth-order valence-electron chi connectivity index (χ4n) is 2.17. The fourth-order valence-corrected chi connectivity index (χ4v) is 2.17. The van der Waals surface area contributed by atoms with Gasteiger partial charge in [0.1, 0.15) is 6.29 Å². The zero-order chi connectivity index (χ0) is 12.4. The Morgan fingerprint density at radius 3 is 2.38 bits per heavy atom. The average Bonchev–Trinajstić information content (AvgIpc) is 2.31. The zero-order valence-electron chi connectivity index (χ0n) is 10.9. The van der Waals surface area contributed by atoms with E-state index in [1.807, 2.05) is 34.6 Å². The quantitative estimate of drug-likeness (QED) is 0.546. The van der Waals surface area contributed by atoms with Crippen LogP contribution in [-0.4, -0.2) is 23.8 Å². The molecular weight excluding hydrogens is 204 g/mol. The van der Waals surface area contributed by atoms with Gasteiger partial charge in [0.2, 0.25) is 0 Å². The van der Waals surface area contributed by atoms with Crippen LogP contribution in [-0.2, 0) is 14.3 Å². The molecule has 0 aliphatic carbocycles. The van der Waals surface area contributed by atoms with Crippen LogP contribution in [0.25, 0.3) is 0 Å². The summed E-state index contributed by atoms with van der Waals surface area (Å²) in [7, 11) is 0. The second-order valence-corrected chi connectivity index (χ2v) is 5.40. The molecule has 1 aliphatic rings. The predicted octanol–water partition coefficient (Wildman–Crippen LogP) is 2.84. The lowest BCUT2D eigenvalue weighted by Gasteiger charge is -2.23. The monoisotopic (exact) mass is 226 g/mol. The van der Waals surface area contributed by atoms with Gasteiger partial charge in [-0.25, -0.2) is 0 Å². The van der Waals surface area contributed by atoms with Gasteiger partial charge in [0.05, 0.1) is 11.7 Å². The van der Waals surface area contributed by atoms with Gasteiger partial charge in [0.25, 0.3) is 0 Å². The van der Waals surface area contributed by atoms with Crippen molar-refractivity contribution in [3.05, 3.63) is 11.6 Å². The summed E-state index contributed by atoms with van der Waals surface area (Å²) in [5, 5.41) is 0. The lowest BCUT2D eigenvalue weighted by molar-refractivity contribution is -0.157. The SMILES string of the molecule is C/C(=C\C=O)CCC1OC(C)(C)OC1(C)C. The third kappa shape index (κ3) is 3.42. The number of ether oxygens (including phenoxy) is 2. The number of carbonyl (C=O) groups excluding carboxylic acids is 1. The average molecular weight is 226 g/mol. The van der Waals surface area contributed by atoms with Crippen LogP contribution in [0, 0.1) is 0 Å². The van der Waals surface area contributed by atoms with Crippen LogP contribution < -0.4 is 0 Å². The van der Waals surface area contributed by atoms with E-state index in [0.717, 1.165) is 24.7 Å². The number of hydrogen-bond donors (Lipinski definition) is 0. The Bertz CT molecular complexity index is 290. The Morgan fingerprint density at radius 2 is 1.94 bits per heavy atom. The zero-order valence-corrected chi connectivity index (χ0v) is 10.9. The molecule has 1 heterocycles.